The minimum atomic E-state index is 0.0333. The van der Waals surface area contributed by atoms with E-state index in [1.807, 2.05) is 0 Å². The predicted octanol–water partition coefficient (Wildman–Crippen LogP) is 19.9. The van der Waals surface area contributed by atoms with Crippen molar-refractivity contribution in [3.63, 3.8) is 0 Å². The Morgan fingerprint density at radius 3 is 1.25 bits per heavy atom. The first-order valence-electron chi connectivity index (χ1n) is 25.5. The third kappa shape index (κ3) is 8.95. The summed E-state index contributed by atoms with van der Waals surface area (Å²) in [5, 5.41) is 4.80. The molecule has 0 radical (unpaired) electrons. The molecule has 0 N–H and O–H groups in total. The Morgan fingerprint density at radius 1 is 0.361 bits per heavy atom. The second-order valence-corrected chi connectivity index (χ2v) is 21.3. The van der Waals surface area contributed by atoms with Gasteiger partial charge in [-0.1, -0.05) is 230 Å². The van der Waals surface area contributed by atoms with Crippen LogP contribution in [0.15, 0.2) is 254 Å². The first-order valence-corrected chi connectivity index (χ1v) is 25.5. The lowest BCUT2D eigenvalue weighted by Gasteiger charge is -2.35. The van der Waals surface area contributed by atoms with Crippen molar-refractivity contribution in [2.75, 3.05) is 9.80 Å². The van der Waals surface area contributed by atoms with E-state index in [1.165, 1.54) is 82.9 Å². The van der Waals surface area contributed by atoms with Gasteiger partial charge in [0.15, 0.2) is 0 Å². The third-order valence-electron chi connectivity index (χ3n) is 14.5. The van der Waals surface area contributed by atoms with E-state index in [-0.39, 0.29) is 16.9 Å². The Hall–Kier alpha value is -8.20. The van der Waals surface area contributed by atoms with Crippen molar-refractivity contribution >= 4 is 50.0 Å². The molecule has 0 heterocycles. The van der Waals surface area contributed by atoms with Gasteiger partial charge in [-0.25, -0.2) is 0 Å². The standard InChI is InChI=1S/C70H62N2/c1-69(2,3)51-35-39-55(40-36-51)71(53-27-15-9-16-28-53)57-43-45-63-65(47-57)67(61-33-21-19-31-59(61)49-23-11-7-12-24-49)64-46-44-58(48-66(64)68(63)62-34-22-20-32-60(62)50-25-13-8-14-26-50)72(54-29-17-10-18-30-54)56-41-37-52(38-42-56)70(4,5)6/h7-41,43-48,56H,42H2,1-6H3. The van der Waals surface area contributed by atoms with Gasteiger partial charge >= 0.3 is 0 Å². The summed E-state index contributed by atoms with van der Waals surface area (Å²) in [6, 6.07) is 85.3. The van der Waals surface area contributed by atoms with Crippen LogP contribution in [0.5, 0.6) is 0 Å². The molecule has 0 spiro atoms. The first kappa shape index (κ1) is 46.2. The van der Waals surface area contributed by atoms with Gasteiger partial charge in [0.05, 0.1) is 6.04 Å². The van der Waals surface area contributed by atoms with Crippen LogP contribution in [-0.2, 0) is 5.41 Å². The number of hydrogen-bond donors (Lipinski definition) is 0. The van der Waals surface area contributed by atoms with E-state index in [1.54, 1.807) is 0 Å². The number of rotatable bonds is 10. The number of benzene rings is 10. The van der Waals surface area contributed by atoms with Crippen LogP contribution >= 0.6 is 0 Å². The molecule has 0 fully saturated rings. The number of para-hydroxylation sites is 2. The van der Waals surface area contributed by atoms with Gasteiger partial charge in [-0.05, 0) is 155 Å². The molecule has 1 unspecified atom stereocenters. The summed E-state index contributed by atoms with van der Waals surface area (Å²) < 4.78 is 0. The molecule has 0 saturated heterocycles. The molecule has 1 atom stereocenters. The number of fused-ring (bicyclic) bond motifs is 2. The molecule has 72 heavy (non-hydrogen) atoms. The minimum Gasteiger partial charge on any atom is -0.334 e. The van der Waals surface area contributed by atoms with Crippen molar-refractivity contribution in [1.82, 2.24) is 0 Å². The van der Waals surface area contributed by atoms with Crippen molar-refractivity contribution < 1.29 is 0 Å². The zero-order valence-electron chi connectivity index (χ0n) is 42.4. The SMILES string of the molecule is CC(C)(C)C1=CCC(N(c2ccccc2)c2ccc3c(-c4ccccc4-c4ccccc4)c4cc(N(c5ccccc5)c5ccc(C(C)(C)C)cc5)ccc4c(-c4ccccc4-c4ccccc4)c3c2)C=C1. The Kier molecular flexibility index (Phi) is 12.3. The van der Waals surface area contributed by atoms with E-state index in [0.717, 1.165) is 29.2 Å². The number of nitrogens with zero attached hydrogens (tertiary/aromatic N) is 2. The summed E-state index contributed by atoms with van der Waals surface area (Å²) in [7, 11) is 0. The summed E-state index contributed by atoms with van der Waals surface area (Å²) in [4.78, 5) is 4.96. The lowest BCUT2D eigenvalue weighted by atomic mass is 9.81. The molecule has 0 aliphatic heterocycles. The normalized spacial score (nSPS) is 13.8. The van der Waals surface area contributed by atoms with Crippen LogP contribution in [0.4, 0.5) is 28.4 Å². The molecule has 1 aliphatic rings. The molecule has 352 valence electrons. The van der Waals surface area contributed by atoms with Crippen molar-refractivity contribution in [2.24, 2.45) is 5.41 Å². The van der Waals surface area contributed by atoms with Gasteiger partial charge < -0.3 is 9.80 Å². The number of anilines is 5. The highest BCUT2D eigenvalue weighted by Gasteiger charge is 2.27. The van der Waals surface area contributed by atoms with Gasteiger partial charge in [0.1, 0.15) is 0 Å². The summed E-state index contributed by atoms with van der Waals surface area (Å²) in [5.41, 5.74) is 18.0. The van der Waals surface area contributed by atoms with Crippen LogP contribution in [0.25, 0.3) is 66.1 Å². The van der Waals surface area contributed by atoms with Crippen LogP contribution < -0.4 is 9.80 Å². The molecule has 10 aromatic carbocycles. The average molecular weight is 931 g/mol. The zero-order valence-corrected chi connectivity index (χ0v) is 42.4. The zero-order chi connectivity index (χ0) is 49.4. The second kappa shape index (κ2) is 19.2. The van der Waals surface area contributed by atoms with Crippen LogP contribution in [0.1, 0.15) is 53.5 Å². The summed E-state index contributed by atoms with van der Waals surface area (Å²) in [6.45, 7) is 13.8. The molecule has 0 amide bonds. The van der Waals surface area contributed by atoms with Gasteiger partial charge in [-0.15, -0.1) is 0 Å². The molecular weight excluding hydrogens is 869 g/mol. The molecule has 0 aromatic heterocycles. The van der Waals surface area contributed by atoms with Gasteiger partial charge in [0.25, 0.3) is 0 Å². The summed E-state index contributed by atoms with van der Waals surface area (Å²) in [5.74, 6) is 0. The fraction of sp³-hybridized carbons (Fsp3) is 0.143. The van der Waals surface area contributed by atoms with Crippen LogP contribution in [-0.4, -0.2) is 6.04 Å². The minimum absolute atomic E-state index is 0.0333. The maximum absolute atomic E-state index is 2.55. The molecule has 11 rings (SSSR count). The van der Waals surface area contributed by atoms with E-state index in [2.05, 4.69) is 300 Å². The van der Waals surface area contributed by atoms with E-state index < -0.39 is 0 Å². The molecule has 0 saturated carbocycles. The van der Waals surface area contributed by atoms with E-state index in [4.69, 9.17) is 0 Å². The number of hydrogen-bond acceptors (Lipinski definition) is 2. The van der Waals surface area contributed by atoms with Crippen molar-refractivity contribution in [3.05, 3.63) is 260 Å². The smallest absolute Gasteiger partial charge is 0.0560 e. The largest absolute Gasteiger partial charge is 0.334 e. The quantitative estimate of drug-likeness (QED) is 0.126. The third-order valence-corrected chi connectivity index (χ3v) is 14.5. The second-order valence-electron chi connectivity index (χ2n) is 21.3. The van der Waals surface area contributed by atoms with Crippen LogP contribution in [0, 0.1) is 5.41 Å². The van der Waals surface area contributed by atoms with Crippen molar-refractivity contribution in [3.8, 4) is 44.5 Å². The molecule has 0 bridgehead atoms. The molecule has 2 nitrogen and oxygen atoms in total. The van der Waals surface area contributed by atoms with Crippen LogP contribution in [0.2, 0.25) is 0 Å². The summed E-state index contributed by atoms with van der Waals surface area (Å²) >= 11 is 0. The molecule has 2 heteroatoms. The Labute approximate surface area is 426 Å². The Balaban J connectivity index is 1.25. The Morgan fingerprint density at radius 2 is 0.778 bits per heavy atom. The van der Waals surface area contributed by atoms with Crippen molar-refractivity contribution in [2.45, 2.75) is 59.4 Å². The lowest BCUT2D eigenvalue weighted by molar-refractivity contribution is 0.510. The highest BCUT2D eigenvalue weighted by molar-refractivity contribution is 6.24. The first-order chi connectivity index (χ1) is 35.0. The average Bonchev–Trinajstić information content (AvgIpc) is 3.41. The van der Waals surface area contributed by atoms with E-state index in [0.29, 0.717) is 0 Å². The highest BCUT2D eigenvalue weighted by Crippen LogP contribution is 2.51. The Bertz CT molecular complexity index is 3590. The molecule has 1 aliphatic carbocycles. The fourth-order valence-corrected chi connectivity index (χ4v) is 10.8. The van der Waals surface area contributed by atoms with Gasteiger partial charge in [0.2, 0.25) is 0 Å². The van der Waals surface area contributed by atoms with Crippen molar-refractivity contribution in [1.29, 1.82) is 0 Å². The van der Waals surface area contributed by atoms with E-state index >= 15 is 0 Å². The highest BCUT2D eigenvalue weighted by atomic mass is 15.2. The summed E-state index contributed by atoms with van der Waals surface area (Å²) in [6.07, 6.45) is 8.13. The fourth-order valence-electron chi connectivity index (χ4n) is 10.8. The van der Waals surface area contributed by atoms with Gasteiger partial charge in [-0.3, -0.25) is 0 Å². The van der Waals surface area contributed by atoms with Crippen LogP contribution in [0.3, 0.4) is 0 Å². The number of allylic oxidation sites excluding steroid dienone is 2. The maximum atomic E-state index is 2.55. The monoisotopic (exact) mass is 930 g/mol. The predicted molar refractivity (Wildman–Crippen MR) is 310 cm³/mol. The molecular formula is C70H62N2. The lowest BCUT2D eigenvalue weighted by Crippen LogP contribution is -2.30. The maximum Gasteiger partial charge on any atom is 0.0560 e. The van der Waals surface area contributed by atoms with E-state index in [9.17, 15) is 0 Å². The topological polar surface area (TPSA) is 6.48 Å². The van der Waals surface area contributed by atoms with Gasteiger partial charge in [-0.2, -0.15) is 0 Å². The molecule has 10 aromatic rings. The van der Waals surface area contributed by atoms with Gasteiger partial charge in [0, 0.05) is 28.4 Å².